The number of aliphatic hydroxyl groups excluding tert-OH is 1. The van der Waals surface area contributed by atoms with E-state index in [1.165, 1.54) is 12.8 Å². The number of rotatable bonds is 6. The third-order valence-electron chi connectivity index (χ3n) is 3.34. The molecule has 3 rings (SSSR count). The van der Waals surface area contributed by atoms with E-state index in [0.717, 1.165) is 0 Å². The summed E-state index contributed by atoms with van der Waals surface area (Å²) in [6.45, 7) is 1.55. The number of ether oxygens (including phenoxy) is 2. The van der Waals surface area contributed by atoms with Gasteiger partial charge in [-0.15, -0.1) is 0 Å². The summed E-state index contributed by atoms with van der Waals surface area (Å²) in [7, 11) is -1.23. The van der Waals surface area contributed by atoms with Crippen molar-refractivity contribution < 1.29 is 18.8 Å². The van der Waals surface area contributed by atoms with Crippen LogP contribution in [0.15, 0.2) is 23.1 Å². The fraction of sp³-hybridized carbons (Fsp3) is 0.571. The predicted octanol–water partition coefficient (Wildman–Crippen LogP) is 0.678. The van der Waals surface area contributed by atoms with Gasteiger partial charge in [0.05, 0.1) is 22.7 Å². The van der Waals surface area contributed by atoms with E-state index < -0.39 is 16.9 Å². The molecule has 1 aliphatic heterocycles. The van der Waals surface area contributed by atoms with Crippen LogP contribution in [-0.2, 0) is 10.8 Å². The van der Waals surface area contributed by atoms with E-state index in [9.17, 15) is 9.32 Å². The molecule has 1 fully saturated rings. The molecule has 0 aromatic heterocycles. The lowest BCUT2D eigenvalue weighted by atomic mass is 10.3. The van der Waals surface area contributed by atoms with Crippen LogP contribution in [-0.4, -0.2) is 47.0 Å². The number of aliphatic hydroxyl groups is 1. The van der Waals surface area contributed by atoms with Crippen LogP contribution in [0, 0.1) is 0 Å². The summed E-state index contributed by atoms with van der Waals surface area (Å²) in [5.74, 6) is 1.56. The molecule has 1 aliphatic carbocycles. The Morgan fingerprint density at radius 1 is 1.30 bits per heavy atom. The summed E-state index contributed by atoms with van der Waals surface area (Å²) in [5, 5.41) is 13.1. The zero-order chi connectivity index (χ0) is 13.9. The molecule has 1 aromatic carbocycles. The maximum Gasteiger partial charge on any atom is 0.162 e. The van der Waals surface area contributed by atoms with Crippen LogP contribution in [0.25, 0.3) is 0 Å². The average Bonchev–Trinajstić information content (AvgIpc) is 3.29. The zero-order valence-electron chi connectivity index (χ0n) is 11.2. The van der Waals surface area contributed by atoms with Gasteiger partial charge >= 0.3 is 0 Å². The summed E-state index contributed by atoms with van der Waals surface area (Å²) >= 11 is 0. The standard InChI is InChI=1S/C14H19NO4S/c16-11(8-15-10-1-2-10)9-20(17)12-3-4-13-14(7-12)19-6-5-18-13/h3-4,7,10-11,15-16H,1-2,5-6,8-9H2. The second kappa shape index (κ2) is 6.11. The van der Waals surface area contributed by atoms with Gasteiger partial charge in [-0.1, -0.05) is 0 Å². The first kappa shape index (κ1) is 13.9. The van der Waals surface area contributed by atoms with Crippen LogP contribution in [0.1, 0.15) is 12.8 Å². The molecule has 1 aromatic rings. The first-order valence-corrected chi connectivity index (χ1v) is 8.24. The lowest BCUT2D eigenvalue weighted by Gasteiger charge is -2.19. The predicted molar refractivity (Wildman–Crippen MR) is 75.7 cm³/mol. The van der Waals surface area contributed by atoms with Crippen molar-refractivity contribution in [2.24, 2.45) is 0 Å². The van der Waals surface area contributed by atoms with Crippen LogP contribution in [0.4, 0.5) is 0 Å². The first-order valence-electron chi connectivity index (χ1n) is 6.92. The summed E-state index contributed by atoms with van der Waals surface area (Å²) in [6, 6.07) is 5.83. The number of hydrogen-bond donors (Lipinski definition) is 2. The zero-order valence-corrected chi connectivity index (χ0v) is 12.0. The lowest BCUT2D eigenvalue weighted by molar-refractivity contribution is 0.171. The second-order valence-corrected chi connectivity index (χ2v) is 6.65. The van der Waals surface area contributed by atoms with Gasteiger partial charge in [-0.25, -0.2) is 0 Å². The molecule has 0 amide bonds. The van der Waals surface area contributed by atoms with E-state index in [0.29, 0.717) is 42.2 Å². The second-order valence-electron chi connectivity index (χ2n) is 5.15. The molecule has 2 aliphatic rings. The molecule has 0 radical (unpaired) electrons. The monoisotopic (exact) mass is 297 g/mol. The highest BCUT2D eigenvalue weighted by molar-refractivity contribution is 7.85. The highest BCUT2D eigenvalue weighted by atomic mass is 32.2. The molecule has 0 spiro atoms. The van der Waals surface area contributed by atoms with Gasteiger partial charge in [-0.2, -0.15) is 0 Å². The highest BCUT2D eigenvalue weighted by Gasteiger charge is 2.22. The molecule has 110 valence electrons. The number of hydrogen-bond acceptors (Lipinski definition) is 5. The van der Waals surface area contributed by atoms with Crippen LogP contribution in [0.3, 0.4) is 0 Å². The van der Waals surface area contributed by atoms with Gasteiger partial charge in [0.25, 0.3) is 0 Å². The van der Waals surface area contributed by atoms with Crippen molar-refractivity contribution in [3.8, 4) is 11.5 Å². The maximum absolute atomic E-state index is 12.2. The first-order chi connectivity index (χ1) is 9.72. The lowest BCUT2D eigenvalue weighted by Crippen LogP contribution is -2.32. The average molecular weight is 297 g/mol. The van der Waals surface area contributed by atoms with Crippen LogP contribution >= 0.6 is 0 Å². The highest BCUT2D eigenvalue weighted by Crippen LogP contribution is 2.31. The molecule has 1 heterocycles. The minimum absolute atomic E-state index is 0.235. The van der Waals surface area contributed by atoms with Gasteiger partial charge in [0.15, 0.2) is 11.5 Å². The van der Waals surface area contributed by atoms with Crippen LogP contribution in [0.2, 0.25) is 0 Å². The van der Waals surface area contributed by atoms with Crippen molar-refractivity contribution in [3.05, 3.63) is 18.2 Å². The Morgan fingerprint density at radius 2 is 2.05 bits per heavy atom. The van der Waals surface area contributed by atoms with Gasteiger partial charge in [-0.05, 0) is 25.0 Å². The Labute approximate surface area is 120 Å². The van der Waals surface area contributed by atoms with E-state index in [1.807, 2.05) is 0 Å². The van der Waals surface area contributed by atoms with Gasteiger partial charge < -0.3 is 19.9 Å². The molecule has 1 saturated carbocycles. The summed E-state index contributed by atoms with van der Waals surface area (Å²) < 4.78 is 23.1. The molecular formula is C14H19NO4S. The fourth-order valence-electron chi connectivity index (χ4n) is 2.09. The summed E-state index contributed by atoms with van der Waals surface area (Å²) in [5.41, 5.74) is 0. The van der Waals surface area contributed by atoms with Gasteiger partial charge in [0, 0.05) is 23.5 Å². The Morgan fingerprint density at radius 3 is 2.80 bits per heavy atom. The van der Waals surface area contributed by atoms with Crippen molar-refractivity contribution in [2.45, 2.75) is 29.9 Å². The number of benzene rings is 1. The SMILES string of the molecule is O=S(CC(O)CNC1CC1)c1ccc2c(c1)OCCO2. The van der Waals surface area contributed by atoms with E-state index in [4.69, 9.17) is 9.47 Å². The molecule has 2 N–H and O–H groups in total. The summed E-state index contributed by atoms with van der Waals surface area (Å²) in [4.78, 5) is 0.666. The molecule has 5 nitrogen and oxygen atoms in total. The van der Waals surface area contributed by atoms with E-state index in [-0.39, 0.29) is 5.75 Å². The Bertz CT molecular complexity index is 504. The van der Waals surface area contributed by atoms with Crippen LogP contribution in [0.5, 0.6) is 11.5 Å². The van der Waals surface area contributed by atoms with Gasteiger partial charge in [-0.3, -0.25) is 4.21 Å². The van der Waals surface area contributed by atoms with E-state index >= 15 is 0 Å². The molecule has 2 unspecified atom stereocenters. The number of nitrogens with one attached hydrogen (secondary N) is 1. The smallest absolute Gasteiger partial charge is 0.162 e. The normalized spacial score (nSPS) is 20.4. The third-order valence-corrected chi connectivity index (χ3v) is 4.81. The van der Waals surface area contributed by atoms with E-state index in [1.54, 1.807) is 18.2 Å². The molecule has 0 saturated heterocycles. The minimum atomic E-state index is -1.23. The Hall–Kier alpha value is -1.11. The van der Waals surface area contributed by atoms with Crippen molar-refractivity contribution in [2.75, 3.05) is 25.5 Å². The molecule has 2 atom stereocenters. The largest absolute Gasteiger partial charge is 0.486 e. The van der Waals surface area contributed by atoms with Gasteiger partial charge in [0.2, 0.25) is 0 Å². The molecule has 20 heavy (non-hydrogen) atoms. The quantitative estimate of drug-likeness (QED) is 0.808. The van der Waals surface area contributed by atoms with Crippen LogP contribution < -0.4 is 14.8 Å². The third kappa shape index (κ3) is 3.50. The van der Waals surface area contributed by atoms with Gasteiger partial charge in [0.1, 0.15) is 13.2 Å². The van der Waals surface area contributed by atoms with E-state index in [2.05, 4.69) is 5.32 Å². The Kier molecular flexibility index (Phi) is 4.24. The molecule has 0 bridgehead atoms. The maximum atomic E-state index is 12.2. The minimum Gasteiger partial charge on any atom is -0.486 e. The molecular weight excluding hydrogens is 278 g/mol. The fourth-order valence-corrected chi connectivity index (χ4v) is 3.20. The van der Waals surface area contributed by atoms with Crippen molar-refractivity contribution in [1.82, 2.24) is 5.32 Å². The van der Waals surface area contributed by atoms with Crippen molar-refractivity contribution >= 4 is 10.8 Å². The molecule has 6 heteroatoms. The van der Waals surface area contributed by atoms with Crippen molar-refractivity contribution in [3.63, 3.8) is 0 Å². The topological polar surface area (TPSA) is 67.8 Å². The number of fused-ring (bicyclic) bond motifs is 1. The Balaban J connectivity index is 1.58. The van der Waals surface area contributed by atoms with Crippen molar-refractivity contribution in [1.29, 1.82) is 0 Å². The summed E-state index contributed by atoms with van der Waals surface area (Å²) in [6.07, 6.45) is 1.76.